The summed E-state index contributed by atoms with van der Waals surface area (Å²) >= 11 is 0. The predicted molar refractivity (Wildman–Crippen MR) is 86.1 cm³/mol. The number of amides is 1. The summed E-state index contributed by atoms with van der Waals surface area (Å²) in [7, 11) is 0. The molecular formula is C16H25ClN2O3. The molecule has 22 heavy (non-hydrogen) atoms. The van der Waals surface area contributed by atoms with Crippen LogP contribution in [0, 0.1) is 0 Å². The minimum atomic E-state index is 0. The van der Waals surface area contributed by atoms with Gasteiger partial charge in [-0.2, -0.15) is 0 Å². The lowest BCUT2D eigenvalue weighted by Gasteiger charge is -2.30. The Hall–Kier alpha value is -1.04. The van der Waals surface area contributed by atoms with Gasteiger partial charge in [0.2, 0.25) is 0 Å². The van der Waals surface area contributed by atoms with Crippen molar-refractivity contribution < 1.29 is 13.9 Å². The molecule has 1 aliphatic heterocycles. The first-order valence-corrected chi connectivity index (χ1v) is 7.98. The molecule has 0 radical (unpaired) electrons. The summed E-state index contributed by atoms with van der Waals surface area (Å²) in [5.41, 5.74) is 6.17. The van der Waals surface area contributed by atoms with Gasteiger partial charge >= 0.3 is 0 Å². The monoisotopic (exact) mass is 328 g/mol. The molecule has 1 saturated heterocycles. The van der Waals surface area contributed by atoms with Crippen molar-refractivity contribution in [3.63, 3.8) is 0 Å². The largest absolute Gasteiger partial charge is 0.467 e. The molecule has 3 rings (SSSR count). The van der Waals surface area contributed by atoms with Gasteiger partial charge in [-0.15, -0.1) is 12.4 Å². The second-order valence-corrected chi connectivity index (χ2v) is 6.04. The van der Waals surface area contributed by atoms with Crippen molar-refractivity contribution in [2.75, 3.05) is 13.2 Å². The highest BCUT2D eigenvalue weighted by molar-refractivity contribution is 5.94. The number of nitrogens with zero attached hydrogens (tertiary/aromatic N) is 1. The lowest BCUT2D eigenvalue weighted by Crippen LogP contribution is -2.43. The number of carbonyl (C=O) groups excluding carboxylic acids is 1. The van der Waals surface area contributed by atoms with Crippen LogP contribution in [0.3, 0.4) is 0 Å². The van der Waals surface area contributed by atoms with E-state index in [0.717, 1.165) is 32.3 Å². The third kappa shape index (κ3) is 3.83. The van der Waals surface area contributed by atoms with E-state index in [1.807, 2.05) is 4.90 Å². The molecule has 124 valence electrons. The summed E-state index contributed by atoms with van der Waals surface area (Å²) in [6.07, 6.45) is 8.48. The Labute approximate surface area is 137 Å². The van der Waals surface area contributed by atoms with Crippen LogP contribution in [-0.2, 0) is 11.3 Å². The zero-order valence-electron chi connectivity index (χ0n) is 12.8. The summed E-state index contributed by atoms with van der Waals surface area (Å²) in [5.74, 6) is 0.711. The van der Waals surface area contributed by atoms with Crippen LogP contribution in [0.2, 0.25) is 0 Å². The lowest BCUT2D eigenvalue weighted by molar-refractivity contribution is 0.0420. The summed E-state index contributed by atoms with van der Waals surface area (Å²) in [6, 6.07) is 2.11. The lowest BCUT2D eigenvalue weighted by atomic mass is 10.1. The molecule has 1 saturated carbocycles. The van der Waals surface area contributed by atoms with E-state index < -0.39 is 0 Å². The van der Waals surface area contributed by atoms with Gasteiger partial charge in [0.05, 0.1) is 18.2 Å². The third-order valence-corrected chi connectivity index (χ3v) is 4.55. The minimum Gasteiger partial charge on any atom is -0.467 e. The van der Waals surface area contributed by atoms with Crippen LogP contribution in [-0.4, -0.2) is 36.1 Å². The molecule has 2 fully saturated rings. The van der Waals surface area contributed by atoms with Crippen molar-refractivity contribution >= 4 is 18.3 Å². The van der Waals surface area contributed by atoms with Gasteiger partial charge in [0.25, 0.3) is 5.91 Å². The molecule has 1 atom stereocenters. The molecule has 1 aromatic rings. The smallest absolute Gasteiger partial charge is 0.257 e. The van der Waals surface area contributed by atoms with E-state index in [1.165, 1.54) is 19.1 Å². The van der Waals surface area contributed by atoms with Crippen molar-refractivity contribution in [1.82, 2.24) is 4.90 Å². The van der Waals surface area contributed by atoms with Gasteiger partial charge in [-0.25, -0.2) is 0 Å². The predicted octanol–water partition coefficient (Wildman–Crippen LogP) is 2.72. The zero-order chi connectivity index (χ0) is 14.7. The Morgan fingerprint density at radius 2 is 2.05 bits per heavy atom. The van der Waals surface area contributed by atoms with Gasteiger partial charge in [-0.05, 0) is 31.7 Å². The first-order chi connectivity index (χ1) is 10.3. The van der Waals surface area contributed by atoms with Gasteiger partial charge in [0.15, 0.2) is 0 Å². The highest BCUT2D eigenvalue weighted by Gasteiger charge is 2.31. The molecule has 2 N–H and O–H groups in total. The van der Waals surface area contributed by atoms with Crippen molar-refractivity contribution in [3.8, 4) is 0 Å². The van der Waals surface area contributed by atoms with E-state index >= 15 is 0 Å². The van der Waals surface area contributed by atoms with Crippen LogP contribution in [0.5, 0.6) is 0 Å². The van der Waals surface area contributed by atoms with Gasteiger partial charge in [0, 0.05) is 19.2 Å². The zero-order valence-corrected chi connectivity index (χ0v) is 13.6. The Morgan fingerprint density at radius 1 is 1.27 bits per heavy atom. The standard InChI is InChI=1S/C16H24N2O3.ClH/c17-9-15-8-12(11-21-15)16(19)18(13-4-1-2-5-13)10-14-6-3-7-20-14;/h8,11,13-14H,1-7,9-10,17H2;1H. The summed E-state index contributed by atoms with van der Waals surface area (Å²) in [6.45, 7) is 1.84. The number of hydrogen-bond acceptors (Lipinski definition) is 4. The number of ether oxygens (including phenoxy) is 1. The Morgan fingerprint density at radius 3 is 2.64 bits per heavy atom. The van der Waals surface area contributed by atoms with E-state index in [4.69, 9.17) is 14.9 Å². The number of furan rings is 1. The summed E-state index contributed by atoms with van der Waals surface area (Å²) in [4.78, 5) is 14.8. The van der Waals surface area contributed by atoms with Gasteiger partial charge in [-0.1, -0.05) is 12.8 Å². The fourth-order valence-electron chi connectivity index (χ4n) is 3.39. The van der Waals surface area contributed by atoms with Crippen LogP contribution in [0.1, 0.15) is 54.6 Å². The number of nitrogens with two attached hydrogens (primary N) is 1. The average Bonchev–Trinajstić information content (AvgIpc) is 3.25. The number of rotatable bonds is 5. The highest BCUT2D eigenvalue weighted by Crippen LogP contribution is 2.27. The maximum Gasteiger partial charge on any atom is 0.257 e. The molecule has 0 bridgehead atoms. The molecule has 1 unspecified atom stereocenters. The molecule has 5 nitrogen and oxygen atoms in total. The van der Waals surface area contributed by atoms with Crippen LogP contribution in [0.4, 0.5) is 0 Å². The minimum absolute atomic E-state index is 0. The van der Waals surface area contributed by atoms with Crippen LogP contribution < -0.4 is 5.73 Å². The number of halogens is 1. The quantitative estimate of drug-likeness (QED) is 0.902. The molecule has 0 spiro atoms. The molecule has 2 aliphatic rings. The first-order valence-electron chi connectivity index (χ1n) is 7.98. The van der Waals surface area contributed by atoms with Crippen LogP contribution in [0.25, 0.3) is 0 Å². The second kappa shape index (κ2) is 7.99. The van der Waals surface area contributed by atoms with Gasteiger partial charge < -0.3 is 19.8 Å². The SMILES string of the molecule is Cl.NCc1cc(C(=O)N(CC2CCCO2)C2CCCC2)co1. The van der Waals surface area contributed by atoms with E-state index in [-0.39, 0.29) is 24.4 Å². The molecule has 1 amide bonds. The summed E-state index contributed by atoms with van der Waals surface area (Å²) < 4.78 is 11.0. The van der Waals surface area contributed by atoms with E-state index in [9.17, 15) is 4.79 Å². The average molecular weight is 329 g/mol. The molecule has 2 heterocycles. The topological polar surface area (TPSA) is 68.7 Å². The van der Waals surface area contributed by atoms with Crippen LogP contribution in [0.15, 0.2) is 16.7 Å². The maximum absolute atomic E-state index is 12.8. The van der Waals surface area contributed by atoms with Crippen molar-refractivity contribution in [3.05, 3.63) is 23.7 Å². The molecular weight excluding hydrogens is 304 g/mol. The number of carbonyl (C=O) groups is 1. The van der Waals surface area contributed by atoms with Crippen LogP contribution >= 0.6 is 12.4 Å². The van der Waals surface area contributed by atoms with Crippen molar-refractivity contribution in [2.45, 2.75) is 57.2 Å². The molecule has 0 aromatic carbocycles. The number of hydrogen-bond donors (Lipinski definition) is 1. The second-order valence-electron chi connectivity index (χ2n) is 6.04. The van der Waals surface area contributed by atoms with E-state index in [2.05, 4.69) is 0 Å². The highest BCUT2D eigenvalue weighted by atomic mass is 35.5. The van der Waals surface area contributed by atoms with E-state index in [0.29, 0.717) is 30.5 Å². The first kappa shape index (κ1) is 17.3. The molecule has 6 heteroatoms. The molecule has 1 aliphatic carbocycles. The van der Waals surface area contributed by atoms with Crippen molar-refractivity contribution in [1.29, 1.82) is 0 Å². The Bertz CT molecular complexity index is 479. The maximum atomic E-state index is 12.8. The van der Waals surface area contributed by atoms with Crippen molar-refractivity contribution in [2.24, 2.45) is 5.73 Å². The fraction of sp³-hybridized carbons (Fsp3) is 0.688. The molecule has 1 aromatic heterocycles. The Balaban J connectivity index is 0.00000176. The van der Waals surface area contributed by atoms with E-state index in [1.54, 1.807) is 6.07 Å². The Kier molecular flexibility index (Phi) is 6.29. The van der Waals surface area contributed by atoms with Gasteiger partial charge in [0.1, 0.15) is 12.0 Å². The normalized spacial score (nSPS) is 21.8. The summed E-state index contributed by atoms with van der Waals surface area (Å²) in [5, 5.41) is 0. The fourth-order valence-corrected chi connectivity index (χ4v) is 3.39. The van der Waals surface area contributed by atoms with Gasteiger partial charge in [-0.3, -0.25) is 4.79 Å². The third-order valence-electron chi connectivity index (χ3n) is 4.55.